The molecule has 5 nitrogen and oxygen atoms in total. The van der Waals surface area contributed by atoms with Gasteiger partial charge in [0.15, 0.2) is 0 Å². The molecular weight excluding hydrogens is 276 g/mol. The second-order valence-electron chi connectivity index (χ2n) is 5.31. The number of halogens is 1. The first-order chi connectivity index (χ1) is 9.60. The highest BCUT2D eigenvalue weighted by molar-refractivity contribution is 6.18. The van der Waals surface area contributed by atoms with E-state index in [0.717, 1.165) is 45.0 Å². The molecule has 1 amide bonds. The summed E-state index contributed by atoms with van der Waals surface area (Å²) in [5.74, 6) is 0.593. The van der Waals surface area contributed by atoms with Crippen LogP contribution in [0.3, 0.4) is 0 Å². The summed E-state index contributed by atoms with van der Waals surface area (Å²) in [4.78, 5) is 16.0. The maximum Gasteiger partial charge on any atom is 0.223 e. The van der Waals surface area contributed by atoms with Crippen molar-refractivity contribution in [2.24, 2.45) is 0 Å². The Kier molecular flexibility index (Phi) is 5.43. The Bertz CT molecular complexity index is 452. The highest BCUT2D eigenvalue weighted by Gasteiger charge is 2.20. The predicted molar refractivity (Wildman–Crippen MR) is 80.1 cm³/mol. The molecule has 0 bridgehead atoms. The molecule has 0 saturated carbocycles. The van der Waals surface area contributed by atoms with Crippen LogP contribution in [0, 0.1) is 13.8 Å². The number of aryl methyl sites for hydroxylation is 2. The van der Waals surface area contributed by atoms with E-state index in [2.05, 4.69) is 27.7 Å². The van der Waals surface area contributed by atoms with Crippen LogP contribution in [0.25, 0.3) is 0 Å². The number of carbonyl (C=O) groups is 1. The highest BCUT2D eigenvalue weighted by atomic mass is 35.5. The third-order valence-corrected chi connectivity index (χ3v) is 3.95. The summed E-state index contributed by atoms with van der Waals surface area (Å²) in [6.45, 7) is 9.50. The lowest BCUT2D eigenvalue weighted by molar-refractivity contribution is -0.132. The van der Waals surface area contributed by atoms with Gasteiger partial charge in [0.25, 0.3) is 0 Å². The van der Waals surface area contributed by atoms with Gasteiger partial charge in [-0.3, -0.25) is 14.4 Å². The smallest absolute Gasteiger partial charge is 0.223 e. The van der Waals surface area contributed by atoms with Crippen molar-refractivity contribution >= 4 is 17.5 Å². The molecule has 1 aromatic rings. The predicted octanol–water partition coefficient (Wildman–Crippen LogP) is 1.27. The average molecular weight is 299 g/mol. The zero-order chi connectivity index (χ0) is 14.5. The fourth-order valence-corrected chi connectivity index (χ4v) is 2.76. The van der Waals surface area contributed by atoms with E-state index >= 15 is 0 Å². The summed E-state index contributed by atoms with van der Waals surface area (Å²) < 4.78 is 2.06. The van der Waals surface area contributed by atoms with Crippen LogP contribution in [0.2, 0.25) is 0 Å². The quantitative estimate of drug-likeness (QED) is 0.769. The third kappa shape index (κ3) is 3.96. The number of carbonyl (C=O) groups excluding carboxylic acids is 1. The van der Waals surface area contributed by atoms with E-state index in [-0.39, 0.29) is 5.91 Å². The van der Waals surface area contributed by atoms with E-state index in [1.165, 1.54) is 5.69 Å². The van der Waals surface area contributed by atoms with Crippen LogP contribution in [0.15, 0.2) is 6.07 Å². The number of rotatable bonds is 5. The molecule has 0 aromatic carbocycles. The van der Waals surface area contributed by atoms with Crippen LogP contribution in [-0.2, 0) is 11.3 Å². The second kappa shape index (κ2) is 7.09. The molecule has 1 aromatic heterocycles. The first-order valence-electron chi connectivity index (χ1n) is 7.17. The Labute approximate surface area is 125 Å². The van der Waals surface area contributed by atoms with E-state index in [4.69, 9.17) is 11.6 Å². The SMILES string of the molecule is Cc1cc(C)n(CCN2CCN(C(=O)CCCl)CC2)n1. The number of piperazine rings is 1. The molecule has 0 N–H and O–H groups in total. The minimum atomic E-state index is 0.179. The summed E-state index contributed by atoms with van der Waals surface area (Å²) in [6, 6.07) is 2.10. The van der Waals surface area contributed by atoms with Gasteiger partial charge < -0.3 is 4.90 Å². The molecule has 20 heavy (non-hydrogen) atoms. The summed E-state index contributed by atoms with van der Waals surface area (Å²) in [5, 5.41) is 4.47. The average Bonchev–Trinajstić information content (AvgIpc) is 2.75. The van der Waals surface area contributed by atoms with Gasteiger partial charge >= 0.3 is 0 Å². The second-order valence-corrected chi connectivity index (χ2v) is 5.69. The molecule has 1 aliphatic heterocycles. The molecule has 0 aliphatic carbocycles. The van der Waals surface area contributed by atoms with Gasteiger partial charge in [-0.05, 0) is 19.9 Å². The van der Waals surface area contributed by atoms with Gasteiger partial charge in [-0.1, -0.05) is 0 Å². The first kappa shape index (κ1) is 15.3. The molecule has 0 unspecified atom stereocenters. The van der Waals surface area contributed by atoms with Crippen LogP contribution in [0.5, 0.6) is 0 Å². The minimum Gasteiger partial charge on any atom is -0.340 e. The normalized spacial score (nSPS) is 16.6. The van der Waals surface area contributed by atoms with Gasteiger partial charge in [0.05, 0.1) is 12.2 Å². The molecule has 1 fully saturated rings. The molecule has 0 atom stereocenters. The van der Waals surface area contributed by atoms with Gasteiger partial charge in [-0.15, -0.1) is 11.6 Å². The molecule has 0 spiro atoms. The van der Waals surface area contributed by atoms with Crippen molar-refractivity contribution in [2.75, 3.05) is 38.6 Å². The number of hydrogen-bond acceptors (Lipinski definition) is 3. The van der Waals surface area contributed by atoms with Crippen LogP contribution < -0.4 is 0 Å². The Balaban J connectivity index is 1.74. The first-order valence-corrected chi connectivity index (χ1v) is 7.70. The van der Waals surface area contributed by atoms with Crippen LogP contribution in [0.4, 0.5) is 0 Å². The van der Waals surface area contributed by atoms with E-state index < -0.39 is 0 Å². The molecule has 2 heterocycles. The lowest BCUT2D eigenvalue weighted by atomic mass is 10.3. The topological polar surface area (TPSA) is 41.4 Å². The van der Waals surface area contributed by atoms with Gasteiger partial charge in [-0.2, -0.15) is 5.10 Å². The third-order valence-electron chi connectivity index (χ3n) is 3.76. The fourth-order valence-electron chi connectivity index (χ4n) is 2.60. The minimum absolute atomic E-state index is 0.179. The van der Waals surface area contributed by atoms with Crippen molar-refractivity contribution in [3.05, 3.63) is 17.5 Å². The molecule has 1 aliphatic rings. The van der Waals surface area contributed by atoms with E-state index in [9.17, 15) is 4.79 Å². The number of aromatic nitrogens is 2. The molecular formula is C14H23ClN4O. The monoisotopic (exact) mass is 298 g/mol. The van der Waals surface area contributed by atoms with Crippen molar-refractivity contribution in [1.29, 1.82) is 0 Å². The van der Waals surface area contributed by atoms with Gasteiger partial charge in [-0.25, -0.2) is 0 Å². The summed E-state index contributed by atoms with van der Waals surface area (Å²) in [6.07, 6.45) is 0.452. The van der Waals surface area contributed by atoms with Crippen molar-refractivity contribution in [2.45, 2.75) is 26.8 Å². The zero-order valence-electron chi connectivity index (χ0n) is 12.3. The molecule has 112 valence electrons. The van der Waals surface area contributed by atoms with E-state index in [1.807, 2.05) is 11.8 Å². The van der Waals surface area contributed by atoms with Crippen molar-refractivity contribution in [3.8, 4) is 0 Å². The van der Waals surface area contributed by atoms with Gasteiger partial charge in [0.1, 0.15) is 0 Å². The molecule has 2 rings (SSSR count). The molecule has 6 heteroatoms. The fraction of sp³-hybridized carbons (Fsp3) is 0.714. The number of hydrogen-bond donors (Lipinski definition) is 0. The number of amides is 1. The lowest BCUT2D eigenvalue weighted by Gasteiger charge is -2.34. The van der Waals surface area contributed by atoms with Crippen molar-refractivity contribution in [3.63, 3.8) is 0 Å². The Hall–Kier alpha value is -1.07. The highest BCUT2D eigenvalue weighted by Crippen LogP contribution is 2.06. The Morgan fingerprint density at radius 1 is 1.25 bits per heavy atom. The van der Waals surface area contributed by atoms with Crippen molar-refractivity contribution in [1.82, 2.24) is 19.6 Å². The van der Waals surface area contributed by atoms with E-state index in [0.29, 0.717) is 12.3 Å². The van der Waals surface area contributed by atoms with Gasteiger partial charge in [0.2, 0.25) is 5.91 Å². The van der Waals surface area contributed by atoms with E-state index in [1.54, 1.807) is 0 Å². The van der Waals surface area contributed by atoms with Crippen molar-refractivity contribution < 1.29 is 4.79 Å². The standard InChI is InChI=1S/C14H23ClN4O/c1-12-11-13(2)19(16-12)10-7-17-5-8-18(9-6-17)14(20)3-4-15/h11H,3-10H2,1-2H3. The maximum atomic E-state index is 11.7. The zero-order valence-corrected chi connectivity index (χ0v) is 13.1. The largest absolute Gasteiger partial charge is 0.340 e. The van der Waals surface area contributed by atoms with Gasteiger partial charge in [0, 0.05) is 50.7 Å². The van der Waals surface area contributed by atoms with Crippen LogP contribution in [0.1, 0.15) is 17.8 Å². The lowest BCUT2D eigenvalue weighted by Crippen LogP contribution is -2.49. The molecule has 0 radical (unpaired) electrons. The summed E-state index contributed by atoms with van der Waals surface area (Å²) in [5.41, 5.74) is 2.28. The summed E-state index contributed by atoms with van der Waals surface area (Å²) in [7, 11) is 0. The summed E-state index contributed by atoms with van der Waals surface area (Å²) >= 11 is 5.61. The van der Waals surface area contributed by atoms with Crippen LogP contribution in [-0.4, -0.2) is 64.1 Å². The number of nitrogens with zero attached hydrogens (tertiary/aromatic N) is 4. The number of alkyl halides is 1. The maximum absolute atomic E-state index is 11.7. The molecule has 1 saturated heterocycles. The Morgan fingerprint density at radius 2 is 1.95 bits per heavy atom. The van der Waals surface area contributed by atoms with Crippen LogP contribution >= 0.6 is 11.6 Å². The Morgan fingerprint density at radius 3 is 2.50 bits per heavy atom.